The van der Waals surface area contributed by atoms with Gasteiger partial charge in [-0.2, -0.15) is 0 Å². The van der Waals surface area contributed by atoms with Crippen molar-refractivity contribution in [2.75, 3.05) is 16.8 Å². The molecule has 0 saturated carbocycles. The number of nitrogens with zero attached hydrogens (tertiary/aromatic N) is 3. The zero-order chi connectivity index (χ0) is 20.3. The van der Waals surface area contributed by atoms with Crippen molar-refractivity contribution in [1.82, 2.24) is 9.97 Å². The predicted molar refractivity (Wildman–Crippen MR) is 121 cm³/mol. The molecule has 4 aromatic rings. The smallest absolute Gasteiger partial charge is 0.258 e. The molecule has 0 atom stereocenters. The minimum Gasteiger partial charge on any atom is -0.367 e. The van der Waals surface area contributed by atoms with Gasteiger partial charge >= 0.3 is 0 Å². The topological polar surface area (TPSA) is 58.1 Å². The Morgan fingerprint density at radius 2 is 1.73 bits per heavy atom. The van der Waals surface area contributed by atoms with Crippen LogP contribution < -0.4 is 10.2 Å². The second kappa shape index (κ2) is 8.08. The van der Waals surface area contributed by atoms with E-state index in [9.17, 15) is 4.79 Å². The number of fused-ring (bicyclic) bond motifs is 1. The molecule has 5 nitrogen and oxygen atoms in total. The van der Waals surface area contributed by atoms with E-state index in [0.29, 0.717) is 11.4 Å². The summed E-state index contributed by atoms with van der Waals surface area (Å²) in [6.07, 6.45) is 4.21. The highest BCUT2D eigenvalue weighted by Gasteiger charge is 2.17. The molecule has 6 heteroatoms. The average molecular weight is 413 g/mol. The van der Waals surface area contributed by atoms with E-state index in [1.807, 2.05) is 53.8 Å². The van der Waals surface area contributed by atoms with Gasteiger partial charge in [-0.15, -0.1) is 11.3 Å². The Morgan fingerprint density at radius 1 is 0.967 bits per heavy atom. The van der Waals surface area contributed by atoms with E-state index in [-0.39, 0.29) is 5.91 Å². The van der Waals surface area contributed by atoms with Crippen molar-refractivity contribution in [1.29, 1.82) is 0 Å². The maximum absolute atomic E-state index is 12.6. The first-order valence-electron chi connectivity index (χ1n) is 9.85. The molecule has 2 aromatic carbocycles. The highest BCUT2D eigenvalue weighted by molar-refractivity contribution is 7.10. The van der Waals surface area contributed by atoms with Crippen molar-refractivity contribution < 1.29 is 4.79 Å². The number of carbonyl (C=O) groups is 1. The van der Waals surface area contributed by atoms with Crippen LogP contribution in [0.2, 0.25) is 0 Å². The maximum atomic E-state index is 12.6. The molecular weight excluding hydrogens is 392 g/mol. The summed E-state index contributed by atoms with van der Waals surface area (Å²) in [6, 6.07) is 19.9. The summed E-state index contributed by atoms with van der Waals surface area (Å²) in [5.41, 5.74) is 4.69. The molecular formula is C24H20N4OS. The van der Waals surface area contributed by atoms with Crippen LogP contribution in [0.1, 0.15) is 20.8 Å². The van der Waals surface area contributed by atoms with Crippen LogP contribution >= 0.6 is 11.3 Å². The first-order valence-corrected chi connectivity index (χ1v) is 10.7. The number of thiophene rings is 1. The first-order chi connectivity index (χ1) is 14.8. The number of nitrogens with one attached hydrogen (secondary N) is 1. The summed E-state index contributed by atoms with van der Waals surface area (Å²) >= 11 is 1.84. The minimum absolute atomic E-state index is 0.219. The Hall–Kier alpha value is -3.51. The van der Waals surface area contributed by atoms with E-state index in [2.05, 4.69) is 43.8 Å². The van der Waals surface area contributed by atoms with Gasteiger partial charge in [0, 0.05) is 47.3 Å². The van der Waals surface area contributed by atoms with Gasteiger partial charge < -0.3 is 10.2 Å². The molecule has 1 amide bonds. The molecule has 148 valence electrons. The molecule has 1 N–H and O–H groups in total. The predicted octanol–water partition coefficient (Wildman–Crippen LogP) is 5.02. The average Bonchev–Trinajstić information content (AvgIpc) is 3.28. The summed E-state index contributed by atoms with van der Waals surface area (Å²) in [4.78, 5) is 25.1. The van der Waals surface area contributed by atoms with Crippen LogP contribution in [0.4, 0.5) is 11.4 Å². The number of anilines is 2. The Kier molecular flexibility index (Phi) is 4.99. The van der Waals surface area contributed by atoms with E-state index >= 15 is 0 Å². The third-order valence-electron chi connectivity index (χ3n) is 5.24. The van der Waals surface area contributed by atoms with Crippen LogP contribution in [0.25, 0.3) is 11.4 Å². The van der Waals surface area contributed by atoms with Crippen molar-refractivity contribution >= 4 is 28.6 Å². The monoisotopic (exact) mass is 412 g/mol. The summed E-state index contributed by atoms with van der Waals surface area (Å²) < 4.78 is 0. The largest absolute Gasteiger partial charge is 0.367 e. The van der Waals surface area contributed by atoms with E-state index in [4.69, 9.17) is 0 Å². The van der Waals surface area contributed by atoms with Gasteiger partial charge in [-0.25, -0.2) is 9.97 Å². The standard InChI is InChI=1S/C24H20N4OS/c29-24(19-14-25-23(26-15-19)17-4-2-1-3-5-17)27-20-6-8-21(9-7-20)28-12-10-22-18(16-28)11-13-30-22/h1-9,11,13-15H,10,12,16H2,(H,27,29). The molecule has 2 aromatic heterocycles. The van der Waals surface area contributed by atoms with E-state index in [0.717, 1.165) is 30.8 Å². The molecule has 5 rings (SSSR count). The fourth-order valence-electron chi connectivity index (χ4n) is 3.61. The van der Waals surface area contributed by atoms with Crippen LogP contribution in [-0.4, -0.2) is 22.4 Å². The van der Waals surface area contributed by atoms with Gasteiger partial charge in [0.05, 0.1) is 5.56 Å². The highest BCUT2D eigenvalue weighted by Crippen LogP contribution is 2.28. The lowest BCUT2D eigenvalue weighted by atomic mass is 10.1. The zero-order valence-corrected chi connectivity index (χ0v) is 17.1. The molecule has 1 aliphatic heterocycles. The lowest BCUT2D eigenvalue weighted by molar-refractivity contribution is 0.102. The second-order valence-electron chi connectivity index (χ2n) is 7.20. The molecule has 0 fully saturated rings. The van der Waals surface area contributed by atoms with Crippen LogP contribution in [0.15, 0.2) is 78.4 Å². The lowest BCUT2D eigenvalue weighted by Gasteiger charge is -2.29. The van der Waals surface area contributed by atoms with Crippen LogP contribution in [0.5, 0.6) is 0 Å². The molecule has 0 saturated heterocycles. The molecule has 0 radical (unpaired) electrons. The van der Waals surface area contributed by atoms with Crippen molar-refractivity contribution in [3.8, 4) is 11.4 Å². The Morgan fingerprint density at radius 3 is 2.50 bits per heavy atom. The minimum atomic E-state index is -0.219. The van der Waals surface area contributed by atoms with Crippen LogP contribution in [0, 0.1) is 0 Å². The van der Waals surface area contributed by atoms with Crippen molar-refractivity contribution in [2.24, 2.45) is 0 Å². The summed E-state index contributed by atoms with van der Waals surface area (Å²) in [5.74, 6) is 0.384. The SMILES string of the molecule is O=C(Nc1ccc(N2CCc3sccc3C2)cc1)c1cnc(-c2ccccc2)nc1. The van der Waals surface area contributed by atoms with Crippen molar-refractivity contribution in [3.05, 3.63) is 94.4 Å². The van der Waals surface area contributed by atoms with Gasteiger partial charge in [0.1, 0.15) is 0 Å². The second-order valence-corrected chi connectivity index (χ2v) is 8.20. The number of amides is 1. The number of hydrogen-bond acceptors (Lipinski definition) is 5. The fraction of sp³-hybridized carbons (Fsp3) is 0.125. The molecule has 0 aliphatic carbocycles. The molecule has 30 heavy (non-hydrogen) atoms. The van der Waals surface area contributed by atoms with Gasteiger partial charge in [-0.3, -0.25) is 4.79 Å². The number of carbonyl (C=O) groups excluding carboxylic acids is 1. The number of hydrogen-bond donors (Lipinski definition) is 1. The molecule has 0 spiro atoms. The van der Waals surface area contributed by atoms with E-state index in [1.165, 1.54) is 16.1 Å². The van der Waals surface area contributed by atoms with Crippen molar-refractivity contribution in [3.63, 3.8) is 0 Å². The van der Waals surface area contributed by atoms with Gasteiger partial charge in [-0.05, 0) is 47.7 Å². The quantitative estimate of drug-likeness (QED) is 0.511. The highest BCUT2D eigenvalue weighted by atomic mass is 32.1. The van der Waals surface area contributed by atoms with Gasteiger partial charge in [0.15, 0.2) is 5.82 Å². The summed E-state index contributed by atoms with van der Waals surface area (Å²) in [6.45, 7) is 1.96. The van der Waals surface area contributed by atoms with Gasteiger partial charge in [-0.1, -0.05) is 30.3 Å². The Labute approximate surface area is 179 Å². The number of rotatable bonds is 4. The van der Waals surface area contributed by atoms with E-state index < -0.39 is 0 Å². The summed E-state index contributed by atoms with van der Waals surface area (Å²) in [5, 5.41) is 5.09. The van der Waals surface area contributed by atoms with Crippen molar-refractivity contribution in [2.45, 2.75) is 13.0 Å². The summed E-state index contributed by atoms with van der Waals surface area (Å²) in [7, 11) is 0. The molecule has 3 heterocycles. The van der Waals surface area contributed by atoms with Crippen LogP contribution in [-0.2, 0) is 13.0 Å². The van der Waals surface area contributed by atoms with Gasteiger partial charge in [0.2, 0.25) is 0 Å². The molecule has 0 bridgehead atoms. The van der Waals surface area contributed by atoms with Crippen LogP contribution in [0.3, 0.4) is 0 Å². The fourth-order valence-corrected chi connectivity index (χ4v) is 4.50. The zero-order valence-electron chi connectivity index (χ0n) is 16.3. The Bertz CT molecular complexity index is 1150. The maximum Gasteiger partial charge on any atom is 0.258 e. The number of aromatic nitrogens is 2. The normalized spacial score (nSPS) is 13.0. The van der Waals surface area contributed by atoms with E-state index in [1.54, 1.807) is 12.4 Å². The van der Waals surface area contributed by atoms with Gasteiger partial charge in [0.25, 0.3) is 5.91 Å². The third kappa shape index (κ3) is 3.82. The number of benzene rings is 2. The lowest BCUT2D eigenvalue weighted by Crippen LogP contribution is -2.29. The Balaban J connectivity index is 1.24. The third-order valence-corrected chi connectivity index (χ3v) is 6.27. The molecule has 1 aliphatic rings. The first kappa shape index (κ1) is 18.5. The molecule has 0 unspecified atom stereocenters.